The molecule has 5 rings (SSSR count). The van der Waals surface area contributed by atoms with Gasteiger partial charge in [-0.2, -0.15) is 9.29 Å². The molecule has 12 heteroatoms. The molecule has 1 aliphatic rings. The standard InChI is InChI=1S/C30H34N4O7S/c1-18(2)15-34(42(37,38)21-9-11-23-27(14-21)41-30(31)33-23)16-25(35)24(13-20-7-5-4-6-8-20)32-29(36)22-10-12-26-28(19(22)3)40-17-39-26/h4-12,14,18,24-25,35H,13,15-17H2,1-3H3,(H2,31,33)(H,32,36). The van der Waals surface area contributed by atoms with Gasteiger partial charge >= 0.3 is 0 Å². The van der Waals surface area contributed by atoms with Gasteiger partial charge in [0.25, 0.3) is 11.9 Å². The molecule has 4 aromatic rings. The van der Waals surface area contributed by atoms with E-state index in [2.05, 4.69) is 10.3 Å². The number of carbonyl (C=O) groups is 1. The molecule has 2 atom stereocenters. The lowest BCUT2D eigenvalue weighted by molar-refractivity contribution is 0.0775. The zero-order chi connectivity index (χ0) is 30.0. The molecule has 3 aromatic carbocycles. The number of aliphatic hydroxyl groups excluding tert-OH is 1. The van der Waals surface area contributed by atoms with Crippen molar-refractivity contribution in [3.63, 3.8) is 0 Å². The highest BCUT2D eigenvalue weighted by molar-refractivity contribution is 7.89. The lowest BCUT2D eigenvalue weighted by Gasteiger charge is -2.31. The molecule has 0 radical (unpaired) electrons. The number of ether oxygens (including phenoxy) is 2. The molecule has 222 valence electrons. The third-order valence-corrected chi connectivity index (χ3v) is 8.91. The van der Waals surface area contributed by atoms with Gasteiger partial charge in [0, 0.05) is 30.3 Å². The maximum Gasteiger partial charge on any atom is 0.292 e. The number of nitrogens with one attached hydrogen (secondary N) is 1. The van der Waals surface area contributed by atoms with Crippen LogP contribution in [0, 0.1) is 12.8 Å². The van der Waals surface area contributed by atoms with E-state index in [-0.39, 0.29) is 48.7 Å². The van der Waals surface area contributed by atoms with Crippen molar-refractivity contribution >= 4 is 33.0 Å². The number of sulfonamides is 1. The molecule has 0 saturated heterocycles. The summed E-state index contributed by atoms with van der Waals surface area (Å²) in [4.78, 5) is 17.5. The Kier molecular flexibility index (Phi) is 8.39. The maximum atomic E-state index is 13.8. The molecule has 0 saturated carbocycles. The van der Waals surface area contributed by atoms with Gasteiger partial charge in [0.2, 0.25) is 16.8 Å². The Labute approximate surface area is 244 Å². The molecule has 0 spiro atoms. The molecule has 0 fully saturated rings. The number of nitrogens with zero attached hydrogens (tertiary/aromatic N) is 2. The van der Waals surface area contributed by atoms with Gasteiger partial charge in [-0.1, -0.05) is 44.2 Å². The minimum absolute atomic E-state index is 0.0152. The minimum Gasteiger partial charge on any atom is -0.454 e. The average Bonchev–Trinajstić information content (AvgIpc) is 3.58. The highest BCUT2D eigenvalue weighted by Gasteiger charge is 2.32. The number of nitrogen functional groups attached to an aromatic ring is 1. The molecule has 4 N–H and O–H groups in total. The zero-order valence-corrected chi connectivity index (χ0v) is 24.4. The number of rotatable bonds is 11. The van der Waals surface area contributed by atoms with Gasteiger partial charge in [0.05, 0.1) is 17.0 Å². The normalized spacial score (nSPS) is 14.4. The topological polar surface area (TPSA) is 157 Å². The number of amides is 1. The molecule has 0 bridgehead atoms. The van der Waals surface area contributed by atoms with Crippen LogP contribution in [-0.4, -0.2) is 60.7 Å². The highest BCUT2D eigenvalue weighted by atomic mass is 32.2. The summed E-state index contributed by atoms with van der Waals surface area (Å²) in [6.45, 7) is 5.51. The van der Waals surface area contributed by atoms with Crippen molar-refractivity contribution in [3.05, 3.63) is 77.4 Å². The van der Waals surface area contributed by atoms with E-state index >= 15 is 0 Å². The summed E-state index contributed by atoms with van der Waals surface area (Å²) in [6, 6.07) is 16.2. The molecular weight excluding hydrogens is 560 g/mol. The van der Waals surface area contributed by atoms with Gasteiger partial charge in [0.15, 0.2) is 17.1 Å². The van der Waals surface area contributed by atoms with Crippen molar-refractivity contribution in [1.82, 2.24) is 14.6 Å². The number of fused-ring (bicyclic) bond motifs is 2. The van der Waals surface area contributed by atoms with Gasteiger partial charge < -0.3 is 30.0 Å². The Bertz CT molecular complexity index is 1690. The van der Waals surface area contributed by atoms with E-state index in [1.54, 1.807) is 19.1 Å². The second kappa shape index (κ2) is 12.0. The number of oxazole rings is 1. The quantitative estimate of drug-likeness (QED) is 0.236. The predicted molar refractivity (Wildman–Crippen MR) is 157 cm³/mol. The monoisotopic (exact) mass is 594 g/mol. The second-order valence-electron chi connectivity index (χ2n) is 10.7. The first-order valence-corrected chi connectivity index (χ1v) is 15.0. The van der Waals surface area contributed by atoms with E-state index in [1.807, 2.05) is 44.2 Å². The van der Waals surface area contributed by atoms with Crippen molar-refractivity contribution < 1.29 is 32.2 Å². The van der Waals surface area contributed by atoms with Gasteiger partial charge in [-0.15, -0.1) is 0 Å². The third kappa shape index (κ3) is 6.20. The van der Waals surface area contributed by atoms with E-state index in [0.29, 0.717) is 28.1 Å². The molecular formula is C30H34N4O7S. The SMILES string of the molecule is Cc1c(C(=O)NC(Cc2ccccc2)C(O)CN(CC(C)C)S(=O)(=O)c2ccc3nc(N)oc3c2)ccc2c1OCO2. The summed E-state index contributed by atoms with van der Waals surface area (Å²) >= 11 is 0. The number of hydrogen-bond acceptors (Lipinski definition) is 9. The Morgan fingerprint density at radius 3 is 2.60 bits per heavy atom. The number of aromatic nitrogens is 1. The van der Waals surface area contributed by atoms with Crippen LogP contribution in [-0.2, 0) is 16.4 Å². The van der Waals surface area contributed by atoms with Gasteiger partial charge in [-0.05, 0) is 49.1 Å². The Balaban J connectivity index is 1.43. The fourth-order valence-corrected chi connectivity index (χ4v) is 6.64. The Hall–Kier alpha value is -4.13. The largest absolute Gasteiger partial charge is 0.454 e. The third-order valence-electron chi connectivity index (χ3n) is 7.09. The summed E-state index contributed by atoms with van der Waals surface area (Å²) in [5.74, 6) is 0.598. The van der Waals surface area contributed by atoms with Crippen LogP contribution < -0.4 is 20.5 Å². The van der Waals surface area contributed by atoms with Crippen molar-refractivity contribution in [2.45, 2.75) is 44.2 Å². The molecule has 0 aliphatic carbocycles. The van der Waals surface area contributed by atoms with Crippen LogP contribution in [0.5, 0.6) is 11.5 Å². The smallest absolute Gasteiger partial charge is 0.292 e. The van der Waals surface area contributed by atoms with E-state index in [4.69, 9.17) is 19.6 Å². The number of hydrogen-bond donors (Lipinski definition) is 3. The molecule has 2 unspecified atom stereocenters. The van der Waals surface area contributed by atoms with Crippen LogP contribution in [0.15, 0.2) is 70.0 Å². The first-order valence-electron chi connectivity index (χ1n) is 13.6. The van der Waals surface area contributed by atoms with Crippen molar-refractivity contribution in [1.29, 1.82) is 0 Å². The molecule has 1 amide bonds. The summed E-state index contributed by atoms with van der Waals surface area (Å²) < 4.78 is 45.2. The summed E-state index contributed by atoms with van der Waals surface area (Å²) in [6.07, 6.45) is -0.974. The fourth-order valence-electron chi connectivity index (χ4n) is 5.00. The molecule has 2 heterocycles. The minimum atomic E-state index is -4.07. The molecule has 11 nitrogen and oxygen atoms in total. The maximum absolute atomic E-state index is 13.8. The predicted octanol–water partition coefficient (Wildman–Crippen LogP) is 3.50. The number of benzene rings is 3. The van der Waals surface area contributed by atoms with E-state index in [9.17, 15) is 18.3 Å². The van der Waals surface area contributed by atoms with Crippen LogP contribution in [0.25, 0.3) is 11.1 Å². The van der Waals surface area contributed by atoms with Crippen LogP contribution in [0.4, 0.5) is 6.01 Å². The number of carbonyl (C=O) groups excluding carboxylic acids is 1. The number of nitrogens with two attached hydrogens (primary N) is 1. The molecule has 42 heavy (non-hydrogen) atoms. The summed E-state index contributed by atoms with van der Waals surface area (Å²) in [5, 5.41) is 14.5. The Morgan fingerprint density at radius 2 is 1.86 bits per heavy atom. The van der Waals surface area contributed by atoms with Crippen LogP contribution in [0.2, 0.25) is 0 Å². The zero-order valence-electron chi connectivity index (χ0n) is 23.6. The van der Waals surface area contributed by atoms with Gasteiger partial charge in [-0.25, -0.2) is 8.42 Å². The van der Waals surface area contributed by atoms with Crippen molar-refractivity contribution in [2.75, 3.05) is 25.6 Å². The first kappa shape index (κ1) is 29.4. The summed E-state index contributed by atoms with van der Waals surface area (Å²) in [7, 11) is -4.07. The lowest BCUT2D eigenvalue weighted by atomic mass is 9.99. The van der Waals surface area contributed by atoms with Crippen LogP contribution in [0.3, 0.4) is 0 Å². The van der Waals surface area contributed by atoms with Crippen molar-refractivity contribution in [2.24, 2.45) is 5.92 Å². The fraction of sp³-hybridized carbons (Fsp3) is 0.333. The van der Waals surface area contributed by atoms with Crippen LogP contribution >= 0.6 is 0 Å². The summed E-state index contributed by atoms with van der Waals surface area (Å²) in [5.41, 5.74) is 8.17. The lowest BCUT2D eigenvalue weighted by Crippen LogP contribution is -2.51. The van der Waals surface area contributed by atoms with Crippen molar-refractivity contribution in [3.8, 4) is 11.5 Å². The molecule has 1 aromatic heterocycles. The van der Waals surface area contributed by atoms with Gasteiger partial charge in [0.1, 0.15) is 5.52 Å². The van der Waals surface area contributed by atoms with Crippen LogP contribution in [0.1, 0.15) is 35.3 Å². The van der Waals surface area contributed by atoms with E-state index < -0.39 is 28.1 Å². The van der Waals surface area contributed by atoms with E-state index in [0.717, 1.165) is 5.56 Å². The average molecular weight is 595 g/mol. The molecule has 1 aliphatic heterocycles. The van der Waals surface area contributed by atoms with E-state index in [1.165, 1.54) is 22.5 Å². The number of aliphatic hydroxyl groups is 1. The number of anilines is 1. The highest BCUT2D eigenvalue weighted by Crippen LogP contribution is 2.37. The second-order valence-corrected chi connectivity index (χ2v) is 12.6. The first-order chi connectivity index (χ1) is 20.0. The van der Waals surface area contributed by atoms with Gasteiger partial charge in [-0.3, -0.25) is 4.79 Å². The Morgan fingerprint density at radius 1 is 1.10 bits per heavy atom.